The number of pyridine rings is 2. The fourth-order valence-electron chi connectivity index (χ4n) is 17.5. The van der Waals surface area contributed by atoms with E-state index in [4.69, 9.17) is 38.9 Å². The molecule has 28 heteroatoms. The highest BCUT2D eigenvalue weighted by molar-refractivity contribution is 7.92. The molecule has 2 saturated heterocycles. The molecule has 4 amide bonds. The lowest BCUT2D eigenvalue weighted by Gasteiger charge is -2.29. The van der Waals surface area contributed by atoms with E-state index in [1.807, 2.05) is 30.4 Å². The Morgan fingerprint density at radius 3 is 1.44 bits per heavy atom. The van der Waals surface area contributed by atoms with Crippen molar-refractivity contribution in [2.45, 2.75) is 333 Å². The number of aromatic nitrogens is 4. The van der Waals surface area contributed by atoms with Gasteiger partial charge in [0, 0.05) is 71.2 Å². The predicted molar refractivity (Wildman–Crippen MR) is 443 cm³/mol. The van der Waals surface area contributed by atoms with Crippen LogP contribution in [0.2, 0.25) is 0 Å². The quantitative estimate of drug-likeness (QED) is 0.0690. The van der Waals surface area contributed by atoms with E-state index < -0.39 is 111 Å². The van der Waals surface area contributed by atoms with Gasteiger partial charge in [0.05, 0.1) is 69.7 Å². The van der Waals surface area contributed by atoms with Crippen LogP contribution < -0.4 is 18.9 Å². The van der Waals surface area contributed by atoms with E-state index in [-0.39, 0.29) is 98.7 Å². The number of Topliss-reactive ketones (excluding diaryl/α,β-unsaturated/α-hetero) is 2. The van der Waals surface area contributed by atoms with Crippen molar-refractivity contribution in [1.29, 1.82) is 0 Å². The number of carbonyl (C=O) groups is 8. The molecule has 116 heavy (non-hydrogen) atoms. The molecule has 6 fully saturated rings. The van der Waals surface area contributed by atoms with Gasteiger partial charge in [-0.05, 0) is 219 Å². The fourth-order valence-corrected chi connectivity index (χ4v) is 22.0. The second-order valence-corrected chi connectivity index (χ2v) is 43.9. The monoisotopic (exact) mass is 1670 g/mol. The van der Waals surface area contributed by atoms with E-state index in [2.05, 4.69) is 54.0 Å². The zero-order chi connectivity index (χ0) is 83.2. The second-order valence-electron chi connectivity index (χ2n) is 37.8. The Labute approximate surface area is 692 Å². The van der Waals surface area contributed by atoms with Gasteiger partial charge in [-0.25, -0.2) is 36.8 Å². The average molecular weight is 1670 g/mol. The van der Waals surface area contributed by atoms with Crippen LogP contribution in [-0.2, 0) is 93.6 Å². The number of aryl methyl sites for hydroxylation is 2. The number of nitrogens with zero attached hydrogens (tertiary/aromatic N) is 6. The molecule has 2 N–H and O–H groups in total. The van der Waals surface area contributed by atoms with Gasteiger partial charge in [0.15, 0.2) is 11.6 Å². The summed E-state index contributed by atoms with van der Waals surface area (Å²) in [4.78, 5) is 136. The Morgan fingerprint density at radius 1 is 0.552 bits per heavy atom. The molecule has 632 valence electrons. The Bertz CT molecular complexity index is 4420. The minimum Gasteiger partial charge on any atom is -0.488 e. The highest BCUT2D eigenvalue weighted by Gasteiger charge is 2.65. The van der Waals surface area contributed by atoms with Crippen LogP contribution in [0.3, 0.4) is 0 Å². The molecule has 10 aliphatic rings. The smallest absolute Gasteiger partial charge is 0.307 e. The second kappa shape index (κ2) is 34.4. The molecule has 4 aromatic rings. The molecule has 0 spiro atoms. The first-order chi connectivity index (χ1) is 54.8. The number of sulfonamides is 2. The van der Waals surface area contributed by atoms with Crippen molar-refractivity contribution in [3.8, 4) is 33.0 Å². The van der Waals surface area contributed by atoms with E-state index in [9.17, 15) is 55.2 Å². The molecular formula is C88H120N8O16S4. The van der Waals surface area contributed by atoms with Crippen molar-refractivity contribution in [2.24, 2.45) is 34.5 Å². The highest BCUT2D eigenvalue weighted by atomic mass is 32.2. The number of carbonyl (C=O) groups excluding carboxylic acids is 8. The summed E-state index contributed by atoms with van der Waals surface area (Å²) >= 11 is 3.10. The maximum Gasteiger partial charge on any atom is 0.307 e. The molecule has 0 aromatic carbocycles. The van der Waals surface area contributed by atoms with Crippen molar-refractivity contribution in [3.63, 3.8) is 0 Å². The van der Waals surface area contributed by atoms with Crippen LogP contribution in [0.1, 0.15) is 296 Å². The van der Waals surface area contributed by atoms with E-state index >= 15 is 0 Å². The summed E-state index contributed by atoms with van der Waals surface area (Å²) in [5.74, 6) is -3.81. The number of ketones is 2. The summed E-state index contributed by atoms with van der Waals surface area (Å²) in [7, 11) is -7.88. The van der Waals surface area contributed by atoms with Crippen LogP contribution in [-0.4, -0.2) is 152 Å². The lowest BCUT2D eigenvalue weighted by atomic mass is 9.90. The number of allylic oxidation sites excluding steroid dienone is 4. The van der Waals surface area contributed by atoms with E-state index in [1.165, 1.54) is 5.56 Å². The molecule has 24 nitrogen and oxygen atoms in total. The molecule has 14 rings (SSSR count). The third-order valence-electron chi connectivity index (χ3n) is 25.4. The largest absolute Gasteiger partial charge is 0.488 e. The number of amides is 4. The molecule has 4 saturated carbocycles. The fraction of sp³-hybridized carbons (Fsp3) is 0.682. The minimum atomic E-state index is -3.94. The molecule has 0 bridgehead atoms. The first-order valence-corrected chi connectivity index (χ1v) is 47.4. The summed E-state index contributed by atoms with van der Waals surface area (Å²) in [5.41, 5.74) is 3.75. The number of hydrogen-bond acceptors (Lipinski definition) is 22. The molecule has 4 aromatic heterocycles. The summed E-state index contributed by atoms with van der Waals surface area (Å²) in [6, 6.07) is 2.19. The first-order valence-electron chi connectivity index (χ1n) is 42.6. The van der Waals surface area contributed by atoms with E-state index in [0.29, 0.717) is 75.8 Å². The zero-order valence-electron chi connectivity index (χ0n) is 69.9. The van der Waals surface area contributed by atoms with E-state index in [1.54, 1.807) is 87.9 Å². The molecule has 0 unspecified atom stereocenters. The van der Waals surface area contributed by atoms with Gasteiger partial charge in [-0.2, -0.15) is 0 Å². The summed E-state index contributed by atoms with van der Waals surface area (Å²) in [6.45, 7) is 22.7. The number of thiazole rings is 2. The van der Waals surface area contributed by atoms with Gasteiger partial charge in [0.25, 0.3) is 0 Å². The van der Waals surface area contributed by atoms with Crippen LogP contribution >= 0.6 is 22.7 Å². The standard InChI is InChI=1S/2C44H60N4O8S2/c1-27(2)34-26-57-39(46-34)33-20-28-14-12-13-17-32(28)38(45-33)55-31-22-35-36(49)24-44(41(52)47-58(53,54)43(6)18-19-43)23-30(44)16-11-9-7-8-10-15-29(40(51)48(35)25-31)21-37(50)56-42(3,4)5;1-27(2)34-26-57-39(46-34)33-22-37(31-16-12-13-17-32(31)45-33)55-30-21-35-36(49)24-44(41(52)47-58(53,54)43(6)18-19-43)23-29(44)15-11-9-7-8-10-14-28(40(51)48(35)25-30)20-38(50)56-42(3,4)5/h11,16,20,26-27,29-31,35H,7-10,12-15,17-19,21-25H2,1-6H3,(H,47,52);11,15,22,26-30,35H,7-10,12-14,16-21,23-25H2,1-6H3,(H,47,52)/b16-11-;15-11-/t29-,30-,31-,35+,44-;28-,29-,30-,35+,44-/m11/s1. The Hall–Kier alpha value is -7.30. The van der Waals surface area contributed by atoms with Crippen molar-refractivity contribution >= 4 is 89.9 Å². The van der Waals surface area contributed by atoms with Gasteiger partial charge in [-0.1, -0.05) is 77.7 Å². The minimum absolute atomic E-state index is 0.102. The predicted octanol–water partition coefficient (Wildman–Crippen LogP) is 14.8. The molecule has 0 radical (unpaired) electrons. The van der Waals surface area contributed by atoms with Crippen molar-refractivity contribution in [2.75, 3.05) is 13.1 Å². The molecule has 4 aliphatic heterocycles. The number of hydrogen-bond donors (Lipinski definition) is 2. The SMILES string of the molecule is CC(C)c1csc(-c2cc(O[C@@H]3C[C@H]4C(=O)C[C@]5(C(=O)NS(=O)(=O)C6(C)CC6)C[C@H]5/C=C\CCCCC[C@H](CC(=O)OC(C)(C)C)C(=O)N4C3)c3c(n2)CCCC3)n1.CC(C)c1csc(-c2cc3c(c(O[C@@H]4C[C@H]5C(=O)C[C@]6(C(=O)NS(=O)(=O)C7(C)CC7)C[C@H]6/C=C\CCCCC[C@H](CC(=O)OC(C)(C)C)C(=O)N5C4)n2)CCCC3)n1. The summed E-state index contributed by atoms with van der Waals surface area (Å²) in [5, 5.41) is 5.74. The number of esters is 2. The van der Waals surface area contributed by atoms with Gasteiger partial charge >= 0.3 is 11.9 Å². The van der Waals surface area contributed by atoms with Crippen LogP contribution in [0, 0.1) is 34.5 Å². The van der Waals surface area contributed by atoms with Gasteiger partial charge in [-0.15, -0.1) is 22.7 Å². The van der Waals surface area contributed by atoms with Gasteiger partial charge in [-0.3, -0.25) is 47.8 Å². The Balaban J connectivity index is 0.000000202. The number of nitrogens with one attached hydrogen (secondary N) is 2. The average Bonchev–Trinajstić information content (AvgIpc) is 1.57. The van der Waals surface area contributed by atoms with Gasteiger partial charge in [0.1, 0.15) is 50.6 Å². The Kier molecular flexibility index (Phi) is 25.7. The number of ether oxygens (including phenoxy) is 4. The number of rotatable bonds is 18. The normalized spacial score (nSPS) is 28.0. The highest BCUT2D eigenvalue weighted by Crippen LogP contribution is 2.59. The van der Waals surface area contributed by atoms with Gasteiger partial charge in [0.2, 0.25) is 49.6 Å². The van der Waals surface area contributed by atoms with Crippen LogP contribution in [0.15, 0.2) is 47.2 Å². The van der Waals surface area contributed by atoms with Crippen LogP contribution in [0.5, 0.6) is 11.6 Å². The maximum atomic E-state index is 14.8. The summed E-state index contributed by atoms with van der Waals surface area (Å²) in [6.07, 6.45) is 23.7. The molecular weight excluding hydrogens is 1550 g/mol. The zero-order valence-corrected chi connectivity index (χ0v) is 73.1. The lowest BCUT2D eigenvalue weighted by molar-refractivity contribution is -0.159. The lowest BCUT2D eigenvalue weighted by Crippen LogP contribution is -2.47. The summed E-state index contributed by atoms with van der Waals surface area (Å²) < 4.78 is 80.8. The Morgan fingerprint density at radius 2 is 0.991 bits per heavy atom. The first kappa shape index (κ1) is 86.5. The van der Waals surface area contributed by atoms with Crippen molar-refractivity contribution in [3.05, 3.63) is 81.0 Å². The topological polar surface area (TPSA) is 324 Å². The molecule has 6 aliphatic carbocycles. The maximum absolute atomic E-state index is 14.8. The van der Waals surface area contributed by atoms with Crippen molar-refractivity contribution in [1.82, 2.24) is 39.2 Å². The molecule has 10 atom stereocenters. The van der Waals surface area contributed by atoms with Crippen molar-refractivity contribution < 1.29 is 74.1 Å². The molecule has 8 heterocycles. The van der Waals surface area contributed by atoms with Gasteiger partial charge < -0.3 is 28.7 Å². The number of fused-ring (bicyclic) bond motifs is 6. The van der Waals surface area contributed by atoms with Crippen LogP contribution in [0.4, 0.5) is 0 Å². The van der Waals surface area contributed by atoms with Crippen LogP contribution in [0.25, 0.3) is 21.4 Å². The third-order valence-corrected chi connectivity index (χ3v) is 31.5. The third kappa shape index (κ3) is 19.9. The van der Waals surface area contributed by atoms with E-state index in [0.717, 1.165) is 140 Å².